The first-order valence-corrected chi connectivity index (χ1v) is 12.7. The van der Waals surface area contributed by atoms with E-state index in [1.54, 1.807) is 24.3 Å². The molecular formula is C23H26ClN3O4S. The van der Waals surface area contributed by atoms with E-state index in [0.29, 0.717) is 17.7 Å². The Balaban J connectivity index is 1.52. The molecule has 1 N–H and O–H groups in total. The molecule has 2 aromatic carbocycles. The second-order valence-electron chi connectivity index (χ2n) is 8.16. The number of carbonyl (C=O) groups is 2. The molecule has 9 heteroatoms. The lowest BCUT2D eigenvalue weighted by molar-refractivity contribution is 0.0648. The van der Waals surface area contributed by atoms with Crippen molar-refractivity contribution in [2.75, 3.05) is 11.9 Å². The minimum Gasteiger partial charge on any atom is -0.336 e. The van der Waals surface area contributed by atoms with E-state index in [1.165, 1.54) is 24.6 Å². The van der Waals surface area contributed by atoms with Crippen LogP contribution in [0.1, 0.15) is 54.9 Å². The number of halogens is 1. The molecule has 32 heavy (non-hydrogen) atoms. The number of anilines is 1. The molecule has 0 spiro atoms. The first kappa shape index (κ1) is 22.6. The number of nitrogens with one attached hydrogen (secondary N) is 1. The van der Waals surface area contributed by atoms with Gasteiger partial charge in [0.25, 0.3) is 15.9 Å². The Morgan fingerprint density at radius 1 is 1.12 bits per heavy atom. The summed E-state index contributed by atoms with van der Waals surface area (Å²) in [5.74, 6) is -0.0159. The quantitative estimate of drug-likeness (QED) is 0.668. The van der Waals surface area contributed by atoms with Crippen molar-refractivity contribution >= 4 is 39.2 Å². The fourth-order valence-corrected chi connectivity index (χ4v) is 6.15. The van der Waals surface area contributed by atoms with Crippen LogP contribution in [0.15, 0.2) is 47.4 Å². The van der Waals surface area contributed by atoms with Gasteiger partial charge < -0.3 is 10.2 Å². The van der Waals surface area contributed by atoms with Crippen molar-refractivity contribution in [3.05, 3.63) is 58.6 Å². The lowest BCUT2D eigenvalue weighted by Gasteiger charge is -2.33. The van der Waals surface area contributed by atoms with Crippen LogP contribution >= 0.6 is 11.6 Å². The molecule has 2 aromatic rings. The maximum absolute atomic E-state index is 13.0. The highest BCUT2D eigenvalue weighted by atomic mass is 35.5. The molecular weight excluding hydrogens is 450 g/mol. The van der Waals surface area contributed by atoms with E-state index in [0.717, 1.165) is 30.0 Å². The van der Waals surface area contributed by atoms with Gasteiger partial charge in [0.1, 0.15) is 4.90 Å². The van der Waals surface area contributed by atoms with Gasteiger partial charge in [0.2, 0.25) is 0 Å². The predicted molar refractivity (Wildman–Crippen MR) is 123 cm³/mol. The van der Waals surface area contributed by atoms with Gasteiger partial charge in [0.05, 0.1) is 12.2 Å². The lowest BCUT2D eigenvalue weighted by atomic mass is 9.93. The maximum atomic E-state index is 13.0. The summed E-state index contributed by atoms with van der Waals surface area (Å²) in [6, 6.07) is 10.6. The summed E-state index contributed by atoms with van der Waals surface area (Å²) in [6.07, 6.45) is 5.58. The minimum atomic E-state index is -4.05. The number of carbonyl (C=O) groups excluding carboxylic acids is 2. The van der Waals surface area contributed by atoms with E-state index >= 15 is 0 Å². The SMILES string of the molecule is CCN(C(=O)c1ccc(CN2C(=O)Nc3ccc(Cl)cc3S2(=O)=O)cc1)C1CCCCC1. The highest BCUT2D eigenvalue weighted by Gasteiger charge is 2.37. The van der Waals surface area contributed by atoms with Crippen LogP contribution in [0.2, 0.25) is 5.02 Å². The summed E-state index contributed by atoms with van der Waals surface area (Å²) in [7, 11) is -4.05. The molecule has 3 amide bonds. The molecule has 170 valence electrons. The standard InChI is InChI=1S/C23H26ClN3O4S/c1-2-26(19-6-4-3-5-7-19)22(28)17-10-8-16(9-11-17)15-27-23(29)25-20-13-12-18(24)14-21(20)32(27,30)31/h8-14,19H,2-7,15H2,1H3,(H,25,29). The minimum absolute atomic E-state index is 0.0159. The summed E-state index contributed by atoms with van der Waals surface area (Å²) in [5, 5.41) is 2.86. The van der Waals surface area contributed by atoms with Crippen molar-refractivity contribution in [2.24, 2.45) is 0 Å². The average Bonchev–Trinajstić information content (AvgIpc) is 2.79. The number of nitrogens with zero attached hydrogens (tertiary/aromatic N) is 2. The van der Waals surface area contributed by atoms with Gasteiger partial charge >= 0.3 is 6.03 Å². The zero-order valence-corrected chi connectivity index (χ0v) is 19.5. The third-order valence-corrected chi connectivity index (χ3v) is 8.13. The molecule has 4 rings (SSSR count). The summed E-state index contributed by atoms with van der Waals surface area (Å²) in [4.78, 5) is 27.4. The van der Waals surface area contributed by atoms with Gasteiger partial charge in [-0.2, -0.15) is 0 Å². The fourth-order valence-electron chi connectivity index (χ4n) is 4.42. The fraction of sp³-hybridized carbons (Fsp3) is 0.391. The molecule has 1 saturated carbocycles. The van der Waals surface area contributed by atoms with Crippen LogP contribution in [-0.2, 0) is 16.6 Å². The molecule has 1 fully saturated rings. The van der Waals surface area contributed by atoms with Gasteiger partial charge in [0, 0.05) is 23.2 Å². The number of hydrogen-bond donors (Lipinski definition) is 1. The van der Waals surface area contributed by atoms with Gasteiger partial charge in [-0.05, 0) is 55.7 Å². The van der Waals surface area contributed by atoms with Gasteiger partial charge in [-0.15, -0.1) is 0 Å². The first-order valence-electron chi connectivity index (χ1n) is 10.8. The number of amides is 3. The van der Waals surface area contributed by atoms with Crippen molar-refractivity contribution in [1.82, 2.24) is 9.21 Å². The van der Waals surface area contributed by atoms with Crippen molar-refractivity contribution in [3.8, 4) is 0 Å². The van der Waals surface area contributed by atoms with E-state index in [1.807, 2.05) is 11.8 Å². The van der Waals surface area contributed by atoms with Crippen LogP contribution in [0.5, 0.6) is 0 Å². The van der Waals surface area contributed by atoms with Gasteiger partial charge in [-0.1, -0.05) is 43.0 Å². The Bertz CT molecular complexity index is 1130. The van der Waals surface area contributed by atoms with Crippen molar-refractivity contribution < 1.29 is 18.0 Å². The van der Waals surface area contributed by atoms with Crippen LogP contribution in [-0.4, -0.2) is 42.1 Å². The lowest BCUT2D eigenvalue weighted by Crippen LogP contribution is -2.43. The Labute approximate surface area is 193 Å². The molecule has 0 radical (unpaired) electrons. The van der Waals surface area contributed by atoms with Crippen molar-refractivity contribution in [1.29, 1.82) is 0 Å². The predicted octanol–water partition coefficient (Wildman–Crippen LogP) is 4.87. The highest BCUT2D eigenvalue weighted by Crippen LogP contribution is 2.33. The van der Waals surface area contributed by atoms with E-state index in [2.05, 4.69) is 5.32 Å². The zero-order valence-electron chi connectivity index (χ0n) is 17.9. The number of rotatable bonds is 5. The molecule has 0 unspecified atom stereocenters. The highest BCUT2D eigenvalue weighted by molar-refractivity contribution is 7.90. The summed E-state index contributed by atoms with van der Waals surface area (Å²) < 4.78 is 26.8. The van der Waals surface area contributed by atoms with E-state index in [-0.39, 0.29) is 34.1 Å². The summed E-state index contributed by atoms with van der Waals surface area (Å²) in [5.41, 5.74) is 1.37. The molecule has 2 aliphatic rings. The number of benzene rings is 2. The Hall–Kier alpha value is -2.58. The molecule has 1 heterocycles. The monoisotopic (exact) mass is 475 g/mol. The topological polar surface area (TPSA) is 86.8 Å². The van der Waals surface area contributed by atoms with Gasteiger partial charge in [0.15, 0.2) is 0 Å². The third-order valence-electron chi connectivity index (χ3n) is 6.12. The maximum Gasteiger partial charge on any atom is 0.336 e. The van der Waals surface area contributed by atoms with Crippen LogP contribution in [0.25, 0.3) is 0 Å². The molecule has 1 aliphatic carbocycles. The molecule has 1 aliphatic heterocycles. The van der Waals surface area contributed by atoms with Crippen LogP contribution in [0.3, 0.4) is 0 Å². The number of hydrogen-bond acceptors (Lipinski definition) is 4. The smallest absolute Gasteiger partial charge is 0.336 e. The normalized spacial score (nSPS) is 18.1. The Kier molecular flexibility index (Phi) is 6.44. The Morgan fingerprint density at radius 3 is 2.47 bits per heavy atom. The van der Waals surface area contributed by atoms with E-state index in [4.69, 9.17) is 11.6 Å². The summed E-state index contributed by atoms with van der Waals surface area (Å²) >= 11 is 5.96. The largest absolute Gasteiger partial charge is 0.336 e. The number of fused-ring (bicyclic) bond motifs is 1. The summed E-state index contributed by atoms with van der Waals surface area (Å²) in [6.45, 7) is 2.50. The average molecular weight is 476 g/mol. The molecule has 0 saturated heterocycles. The first-order chi connectivity index (χ1) is 15.3. The third kappa shape index (κ3) is 4.34. The van der Waals surface area contributed by atoms with Gasteiger partial charge in [-0.25, -0.2) is 17.5 Å². The number of urea groups is 1. The molecule has 7 nitrogen and oxygen atoms in total. The van der Waals surface area contributed by atoms with Gasteiger partial charge in [-0.3, -0.25) is 4.79 Å². The van der Waals surface area contributed by atoms with Crippen molar-refractivity contribution in [2.45, 2.75) is 56.5 Å². The Morgan fingerprint density at radius 2 is 1.81 bits per heavy atom. The van der Waals surface area contributed by atoms with E-state index in [9.17, 15) is 18.0 Å². The second-order valence-corrected chi connectivity index (χ2v) is 10.4. The molecule has 0 bridgehead atoms. The van der Waals surface area contributed by atoms with Crippen LogP contribution in [0, 0.1) is 0 Å². The molecule has 0 atom stereocenters. The zero-order chi connectivity index (χ0) is 22.9. The second kappa shape index (κ2) is 9.11. The van der Waals surface area contributed by atoms with Crippen LogP contribution in [0.4, 0.5) is 10.5 Å². The number of sulfonamides is 1. The molecule has 0 aromatic heterocycles. The van der Waals surface area contributed by atoms with Crippen LogP contribution < -0.4 is 5.32 Å². The van der Waals surface area contributed by atoms with E-state index < -0.39 is 16.1 Å². The van der Waals surface area contributed by atoms with Crippen molar-refractivity contribution in [3.63, 3.8) is 0 Å².